The van der Waals surface area contributed by atoms with Gasteiger partial charge < -0.3 is 5.32 Å². The molecule has 0 spiro atoms. The van der Waals surface area contributed by atoms with Crippen molar-refractivity contribution in [1.82, 2.24) is 9.62 Å². The molecule has 2 unspecified atom stereocenters. The maximum Gasteiger partial charge on any atom is 0.211 e. The summed E-state index contributed by atoms with van der Waals surface area (Å²) in [6, 6.07) is 0. The lowest BCUT2D eigenvalue weighted by atomic mass is 10.00. The Morgan fingerprint density at radius 3 is 2.78 bits per heavy atom. The summed E-state index contributed by atoms with van der Waals surface area (Å²) in [4.78, 5) is 0. The Hall–Kier alpha value is 0.220. The van der Waals surface area contributed by atoms with Crippen LogP contribution in [-0.2, 0) is 10.0 Å². The zero-order chi connectivity index (χ0) is 13.0. The summed E-state index contributed by atoms with van der Waals surface area (Å²) in [5.74, 6) is 1.79. The molecular formula is C12H24N2O2S2. The molecule has 106 valence electrons. The molecule has 2 atom stereocenters. The molecular weight excluding hydrogens is 268 g/mol. The highest BCUT2D eigenvalue weighted by Crippen LogP contribution is 2.25. The van der Waals surface area contributed by atoms with E-state index in [1.165, 1.54) is 24.9 Å². The van der Waals surface area contributed by atoms with Crippen LogP contribution in [0.4, 0.5) is 0 Å². The molecule has 1 N–H and O–H groups in total. The summed E-state index contributed by atoms with van der Waals surface area (Å²) in [6.07, 6.45) is 6.15. The third-order valence-electron chi connectivity index (χ3n) is 3.78. The third kappa shape index (κ3) is 4.40. The molecule has 0 aromatic heterocycles. The molecule has 0 amide bonds. The van der Waals surface area contributed by atoms with E-state index in [2.05, 4.69) is 17.1 Å². The van der Waals surface area contributed by atoms with Gasteiger partial charge in [-0.1, -0.05) is 0 Å². The highest BCUT2D eigenvalue weighted by molar-refractivity contribution is 8.00. The molecule has 0 saturated carbocycles. The van der Waals surface area contributed by atoms with Crippen LogP contribution in [0.5, 0.6) is 0 Å². The van der Waals surface area contributed by atoms with Gasteiger partial charge in [0, 0.05) is 24.9 Å². The molecule has 0 radical (unpaired) electrons. The number of hydrogen-bond donors (Lipinski definition) is 1. The molecule has 2 rings (SSSR count). The maximum absolute atomic E-state index is 11.5. The zero-order valence-corrected chi connectivity index (χ0v) is 12.7. The maximum atomic E-state index is 11.5. The van der Waals surface area contributed by atoms with Crippen molar-refractivity contribution in [1.29, 1.82) is 0 Å². The molecule has 2 aliphatic rings. The molecule has 0 bridgehead atoms. The second-order valence-electron chi connectivity index (χ2n) is 5.42. The Balaban J connectivity index is 1.69. The number of thioether (sulfide) groups is 1. The molecule has 18 heavy (non-hydrogen) atoms. The topological polar surface area (TPSA) is 49.4 Å². The monoisotopic (exact) mass is 292 g/mol. The summed E-state index contributed by atoms with van der Waals surface area (Å²) in [7, 11) is -3.00. The molecule has 6 heteroatoms. The minimum Gasteiger partial charge on any atom is -0.315 e. The Labute approximate surface area is 115 Å². The van der Waals surface area contributed by atoms with Crippen molar-refractivity contribution in [3.8, 4) is 0 Å². The molecule has 2 fully saturated rings. The summed E-state index contributed by atoms with van der Waals surface area (Å²) in [6.45, 7) is 3.45. The van der Waals surface area contributed by atoms with E-state index in [1.807, 2.05) is 0 Å². The summed E-state index contributed by atoms with van der Waals surface area (Å²) in [5.41, 5.74) is 0. The van der Waals surface area contributed by atoms with Crippen molar-refractivity contribution in [2.24, 2.45) is 5.92 Å². The molecule has 0 aromatic rings. The van der Waals surface area contributed by atoms with Crippen LogP contribution in [0, 0.1) is 5.92 Å². The van der Waals surface area contributed by atoms with Gasteiger partial charge in [-0.2, -0.15) is 11.8 Å². The van der Waals surface area contributed by atoms with Gasteiger partial charge in [-0.25, -0.2) is 12.7 Å². The van der Waals surface area contributed by atoms with Crippen LogP contribution in [0.25, 0.3) is 0 Å². The normalized spacial score (nSPS) is 30.7. The minimum atomic E-state index is -3.00. The van der Waals surface area contributed by atoms with E-state index in [4.69, 9.17) is 0 Å². The highest BCUT2D eigenvalue weighted by Gasteiger charge is 2.25. The van der Waals surface area contributed by atoms with Gasteiger partial charge in [0.1, 0.15) is 0 Å². The first-order chi connectivity index (χ1) is 8.55. The van der Waals surface area contributed by atoms with E-state index in [0.29, 0.717) is 19.0 Å². The van der Waals surface area contributed by atoms with Gasteiger partial charge in [0.15, 0.2) is 0 Å². The Kier molecular flexibility index (Phi) is 5.35. The van der Waals surface area contributed by atoms with E-state index in [0.717, 1.165) is 31.2 Å². The van der Waals surface area contributed by atoms with Gasteiger partial charge >= 0.3 is 0 Å². The quantitative estimate of drug-likeness (QED) is 0.826. The van der Waals surface area contributed by atoms with E-state index in [1.54, 1.807) is 4.31 Å². The van der Waals surface area contributed by atoms with Crippen LogP contribution in [0.3, 0.4) is 0 Å². The van der Waals surface area contributed by atoms with Crippen molar-refractivity contribution in [3.63, 3.8) is 0 Å². The summed E-state index contributed by atoms with van der Waals surface area (Å²) >= 11 is 2.06. The lowest BCUT2D eigenvalue weighted by Gasteiger charge is -2.31. The average molecular weight is 292 g/mol. The fourth-order valence-electron chi connectivity index (χ4n) is 2.75. The molecule has 0 aliphatic carbocycles. The fraction of sp³-hybridized carbons (Fsp3) is 1.00. The Morgan fingerprint density at radius 2 is 2.11 bits per heavy atom. The van der Waals surface area contributed by atoms with Crippen LogP contribution >= 0.6 is 11.8 Å². The van der Waals surface area contributed by atoms with Crippen LogP contribution in [0.15, 0.2) is 0 Å². The van der Waals surface area contributed by atoms with Crippen LogP contribution in [0.1, 0.15) is 25.7 Å². The van der Waals surface area contributed by atoms with Crippen molar-refractivity contribution in [2.45, 2.75) is 30.9 Å². The van der Waals surface area contributed by atoms with Crippen molar-refractivity contribution < 1.29 is 8.42 Å². The first-order valence-electron chi connectivity index (χ1n) is 6.83. The predicted molar refractivity (Wildman–Crippen MR) is 77.5 cm³/mol. The van der Waals surface area contributed by atoms with Gasteiger partial charge in [-0.3, -0.25) is 0 Å². The van der Waals surface area contributed by atoms with Crippen molar-refractivity contribution >= 4 is 21.8 Å². The predicted octanol–water partition coefficient (Wildman–Crippen LogP) is 1.14. The number of nitrogens with zero attached hydrogens (tertiary/aromatic N) is 1. The standard InChI is InChI=1S/C12H24N2O2S2/c1-18(15,16)14-6-2-4-11(10-14)8-13-9-12-5-3-7-17-12/h11-13H,2-10H2,1H3. The highest BCUT2D eigenvalue weighted by atomic mass is 32.2. The number of piperidine rings is 1. The lowest BCUT2D eigenvalue weighted by Crippen LogP contribution is -2.43. The molecule has 0 aromatic carbocycles. The first-order valence-corrected chi connectivity index (χ1v) is 9.73. The van der Waals surface area contributed by atoms with E-state index >= 15 is 0 Å². The molecule has 2 heterocycles. The van der Waals surface area contributed by atoms with Crippen LogP contribution < -0.4 is 5.32 Å². The lowest BCUT2D eigenvalue weighted by molar-refractivity contribution is 0.261. The van der Waals surface area contributed by atoms with E-state index < -0.39 is 10.0 Å². The Morgan fingerprint density at radius 1 is 1.28 bits per heavy atom. The number of nitrogens with one attached hydrogen (secondary N) is 1. The summed E-state index contributed by atoms with van der Waals surface area (Å²) < 4.78 is 24.7. The minimum absolute atomic E-state index is 0.486. The zero-order valence-electron chi connectivity index (χ0n) is 11.1. The number of rotatable bonds is 5. The number of sulfonamides is 1. The van der Waals surface area contributed by atoms with Crippen molar-refractivity contribution in [2.75, 3.05) is 38.2 Å². The second kappa shape index (κ2) is 6.59. The Bertz CT molecular complexity index is 353. The average Bonchev–Trinajstić information content (AvgIpc) is 2.81. The van der Waals surface area contributed by atoms with E-state index in [9.17, 15) is 8.42 Å². The molecule has 2 aliphatic heterocycles. The van der Waals surface area contributed by atoms with Crippen molar-refractivity contribution in [3.05, 3.63) is 0 Å². The van der Waals surface area contributed by atoms with Gasteiger partial charge in [0.25, 0.3) is 0 Å². The van der Waals surface area contributed by atoms with E-state index in [-0.39, 0.29) is 0 Å². The van der Waals surface area contributed by atoms with Gasteiger partial charge in [0.05, 0.1) is 6.26 Å². The molecule has 2 saturated heterocycles. The number of hydrogen-bond acceptors (Lipinski definition) is 4. The largest absolute Gasteiger partial charge is 0.315 e. The third-order valence-corrected chi connectivity index (χ3v) is 6.45. The van der Waals surface area contributed by atoms with Crippen LogP contribution in [0.2, 0.25) is 0 Å². The van der Waals surface area contributed by atoms with Gasteiger partial charge in [-0.15, -0.1) is 0 Å². The van der Waals surface area contributed by atoms with Crippen LogP contribution in [-0.4, -0.2) is 56.2 Å². The first kappa shape index (κ1) is 14.6. The second-order valence-corrected chi connectivity index (χ2v) is 8.81. The smallest absolute Gasteiger partial charge is 0.211 e. The van der Waals surface area contributed by atoms with Gasteiger partial charge in [0.2, 0.25) is 10.0 Å². The fourth-order valence-corrected chi connectivity index (χ4v) is 4.93. The summed E-state index contributed by atoms with van der Waals surface area (Å²) in [5, 5.41) is 4.30. The SMILES string of the molecule is CS(=O)(=O)N1CCCC(CNCC2CCCS2)C1. The molecule has 4 nitrogen and oxygen atoms in total. The van der Waals surface area contributed by atoms with Gasteiger partial charge in [-0.05, 0) is 43.9 Å².